The lowest BCUT2D eigenvalue weighted by atomic mass is 10.1. The molecule has 3 nitrogen and oxygen atoms in total. The van der Waals surface area contributed by atoms with Crippen LogP contribution < -0.4 is 5.32 Å². The fourth-order valence-electron chi connectivity index (χ4n) is 2.10. The van der Waals surface area contributed by atoms with Gasteiger partial charge in [0.2, 0.25) is 0 Å². The van der Waals surface area contributed by atoms with Gasteiger partial charge in [0, 0.05) is 12.7 Å². The van der Waals surface area contributed by atoms with Crippen molar-refractivity contribution < 1.29 is 0 Å². The highest BCUT2D eigenvalue weighted by Crippen LogP contribution is 2.14. The zero-order valence-corrected chi connectivity index (χ0v) is 13.1. The lowest BCUT2D eigenvalue weighted by molar-refractivity contribution is 0.552. The fourth-order valence-corrected chi connectivity index (χ4v) is 2.26. The van der Waals surface area contributed by atoms with E-state index in [0.717, 1.165) is 30.4 Å². The first kappa shape index (κ1) is 15.1. The second kappa shape index (κ2) is 6.91. The van der Waals surface area contributed by atoms with Crippen LogP contribution in [0.25, 0.3) is 0 Å². The highest BCUT2D eigenvalue weighted by atomic mass is 35.5. The Morgan fingerprint density at radius 3 is 2.70 bits per heavy atom. The minimum atomic E-state index is 0.673. The summed E-state index contributed by atoms with van der Waals surface area (Å²) < 4.78 is 1.89. The van der Waals surface area contributed by atoms with Gasteiger partial charge in [0.15, 0.2) is 0 Å². The average molecular weight is 292 g/mol. The largest absolute Gasteiger partial charge is 0.312 e. The van der Waals surface area contributed by atoms with Crippen LogP contribution in [0.1, 0.15) is 30.7 Å². The molecular weight excluding hydrogens is 270 g/mol. The molecule has 0 amide bonds. The zero-order valence-electron chi connectivity index (χ0n) is 12.4. The van der Waals surface area contributed by atoms with Gasteiger partial charge in [-0.15, -0.1) is 0 Å². The normalized spacial score (nSPS) is 11.2. The molecule has 108 valence electrons. The highest BCUT2D eigenvalue weighted by Gasteiger charge is 2.03. The number of rotatable bonds is 6. The minimum Gasteiger partial charge on any atom is -0.312 e. The summed E-state index contributed by atoms with van der Waals surface area (Å²) >= 11 is 6.03. The van der Waals surface area contributed by atoms with E-state index in [-0.39, 0.29) is 0 Å². The van der Waals surface area contributed by atoms with Gasteiger partial charge in [-0.1, -0.05) is 49.7 Å². The highest BCUT2D eigenvalue weighted by molar-refractivity contribution is 6.31. The Morgan fingerprint density at radius 1 is 1.30 bits per heavy atom. The van der Waals surface area contributed by atoms with E-state index < -0.39 is 0 Å². The number of hydrogen-bond donors (Lipinski definition) is 1. The first-order chi connectivity index (χ1) is 9.54. The number of nitrogens with one attached hydrogen (secondary N) is 1. The van der Waals surface area contributed by atoms with Crippen LogP contribution in [0, 0.1) is 12.8 Å². The van der Waals surface area contributed by atoms with Crippen molar-refractivity contribution in [3.05, 3.63) is 52.3 Å². The van der Waals surface area contributed by atoms with E-state index in [0.29, 0.717) is 5.92 Å². The van der Waals surface area contributed by atoms with Gasteiger partial charge in [0.25, 0.3) is 0 Å². The zero-order chi connectivity index (χ0) is 14.5. The maximum atomic E-state index is 6.03. The molecule has 2 rings (SSSR count). The molecule has 0 fully saturated rings. The van der Waals surface area contributed by atoms with Crippen molar-refractivity contribution in [3.63, 3.8) is 0 Å². The minimum absolute atomic E-state index is 0.673. The van der Waals surface area contributed by atoms with Gasteiger partial charge >= 0.3 is 0 Å². The summed E-state index contributed by atoms with van der Waals surface area (Å²) in [4.78, 5) is 0. The fraction of sp³-hybridized carbons (Fsp3) is 0.438. The van der Waals surface area contributed by atoms with Crippen molar-refractivity contribution in [2.45, 2.75) is 33.9 Å². The molecule has 0 bridgehead atoms. The average Bonchev–Trinajstić information content (AvgIpc) is 2.68. The van der Waals surface area contributed by atoms with Crippen LogP contribution in [0.4, 0.5) is 0 Å². The molecule has 1 N–H and O–H groups in total. The van der Waals surface area contributed by atoms with E-state index in [4.69, 9.17) is 11.6 Å². The molecule has 1 heterocycles. The number of aromatic nitrogens is 2. The molecule has 0 atom stereocenters. The van der Waals surface area contributed by atoms with Crippen LogP contribution >= 0.6 is 11.6 Å². The second-order valence-electron chi connectivity index (χ2n) is 5.60. The quantitative estimate of drug-likeness (QED) is 0.880. The molecule has 4 heteroatoms. The van der Waals surface area contributed by atoms with Crippen molar-refractivity contribution >= 4 is 11.6 Å². The smallest absolute Gasteiger partial charge is 0.0815 e. The summed E-state index contributed by atoms with van der Waals surface area (Å²) in [5.74, 6) is 0.673. The number of hydrogen-bond acceptors (Lipinski definition) is 2. The van der Waals surface area contributed by atoms with Gasteiger partial charge in [-0.25, -0.2) is 0 Å². The molecule has 20 heavy (non-hydrogen) atoms. The first-order valence-corrected chi connectivity index (χ1v) is 7.40. The van der Waals surface area contributed by atoms with E-state index >= 15 is 0 Å². The second-order valence-corrected chi connectivity index (χ2v) is 6.01. The Morgan fingerprint density at radius 2 is 2.05 bits per heavy atom. The topological polar surface area (TPSA) is 29.9 Å². The third kappa shape index (κ3) is 4.36. The van der Waals surface area contributed by atoms with E-state index in [1.165, 1.54) is 11.1 Å². The molecule has 0 saturated heterocycles. The van der Waals surface area contributed by atoms with Gasteiger partial charge in [-0.3, -0.25) is 4.68 Å². The predicted molar refractivity (Wildman–Crippen MR) is 84.1 cm³/mol. The van der Waals surface area contributed by atoms with Crippen LogP contribution in [0.3, 0.4) is 0 Å². The van der Waals surface area contributed by atoms with Gasteiger partial charge in [0.1, 0.15) is 0 Å². The van der Waals surface area contributed by atoms with Crippen LogP contribution in [0.15, 0.2) is 30.5 Å². The third-order valence-corrected chi connectivity index (χ3v) is 3.48. The van der Waals surface area contributed by atoms with E-state index in [2.05, 4.69) is 48.5 Å². The Kier molecular flexibility index (Phi) is 5.21. The van der Waals surface area contributed by atoms with E-state index in [9.17, 15) is 0 Å². The van der Waals surface area contributed by atoms with Crippen LogP contribution in [-0.4, -0.2) is 16.3 Å². The number of benzene rings is 1. The Balaban J connectivity index is 1.98. The molecule has 0 aliphatic carbocycles. The summed E-state index contributed by atoms with van der Waals surface area (Å²) in [6.45, 7) is 9.06. The number of aryl methyl sites for hydroxylation is 1. The van der Waals surface area contributed by atoms with Crippen molar-refractivity contribution in [2.24, 2.45) is 5.92 Å². The molecule has 0 unspecified atom stereocenters. The third-order valence-electron chi connectivity index (χ3n) is 3.10. The summed E-state index contributed by atoms with van der Waals surface area (Å²) in [6.07, 6.45) is 1.88. The Hall–Kier alpha value is -1.32. The summed E-state index contributed by atoms with van der Waals surface area (Å²) in [6, 6.07) is 8.59. The molecule has 1 aromatic carbocycles. The molecule has 0 radical (unpaired) electrons. The maximum absolute atomic E-state index is 6.03. The monoisotopic (exact) mass is 291 g/mol. The lowest BCUT2D eigenvalue weighted by Gasteiger charge is -2.09. The predicted octanol–water partition coefficient (Wildman–Crippen LogP) is 3.64. The summed E-state index contributed by atoms with van der Waals surface area (Å²) in [5, 5.41) is 8.57. The standard InChI is InChI=1S/C16H22ClN3/c1-12(2)8-18-9-14-5-4-6-15(7-14)10-20-11-16(17)13(3)19-20/h4-7,11-12,18H,8-10H2,1-3H3. The van der Waals surface area contributed by atoms with Crippen molar-refractivity contribution in [1.29, 1.82) is 0 Å². The van der Waals surface area contributed by atoms with Crippen LogP contribution in [0.2, 0.25) is 5.02 Å². The number of nitrogens with zero attached hydrogens (tertiary/aromatic N) is 2. The molecule has 0 aliphatic rings. The van der Waals surface area contributed by atoms with Crippen LogP contribution in [0.5, 0.6) is 0 Å². The van der Waals surface area contributed by atoms with Crippen LogP contribution in [-0.2, 0) is 13.1 Å². The molecule has 2 aromatic rings. The molecule has 0 spiro atoms. The lowest BCUT2D eigenvalue weighted by Crippen LogP contribution is -2.19. The Bertz CT molecular complexity index is 541. The van der Waals surface area contributed by atoms with Crippen molar-refractivity contribution in [2.75, 3.05) is 6.54 Å². The first-order valence-electron chi connectivity index (χ1n) is 7.02. The molecular formula is C16H22ClN3. The summed E-state index contributed by atoms with van der Waals surface area (Å²) in [5.41, 5.74) is 3.42. The van der Waals surface area contributed by atoms with Gasteiger partial charge in [-0.05, 0) is 30.5 Å². The molecule has 1 aromatic heterocycles. The van der Waals surface area contributed by atoms with Gasteiger partial charge < -0.3 is 5.32 Å². The maximum Gasteiger partial charge on any atom is 0.0815 e. The van der Waals surface area contributed by atoms with E-state index in [1.807, 2.05) is 17.8 Å². The van der Waals surface area contributed by atoms with E-state index in [1.54, 1.807) is 0 Å². The van der Waals surface area contributed by atoms with Crippen molar-refractivity contribution in [1.82, 2.24) is 15.1 Å². The van der Waals surface area contributed by atoms with Gasteiger partial charge in [-0.2, -0.15) is 5.10 Å². The number of halogens is 1. The SMILES string of the molecule is Cc1nn(Cc2cccc(CNCC(C)C)c2)cc1Cl. The van der Waals surface area contributed by atoms with Crippen molar-refractivity contribution in [3.8, 4) is 0 Å². The molecule has 0 saturated carbocycles. The Labute approximate surface area is 126 Å². The molecule has 0 aliphatic heterocycles. The summed E-state index contributed by atoms with van der Waals surface area (Å²) in [7, 11) is 0. The van der Waals surface area contributed by atoms with Gasteiger partial charge in [0.05, 0.1) is 17.3 Å².